The van der Waals surface area contributed by atoms with Gasteiger partial charge in [-0.2, -0.15) is 0 Å². The third-order valence-corrected chi connectivity index (χ3v) is 11.1. The molecule has 2 fully saturated rings. The zero-order valence-electron chi connectivity index (χ0n) is 23.9. The summed E-state index contributed by atoms with van der Waals surface area (Å²) in [6, 6.07) is 4.63. The van der Waals surface area contributed by atoms with E-state index in [2.05, 4.69) is 10.6 Å². The fourth-order valence-corrected chi connectivity index (χ4v) is 8.52. The van der Waals surface area contributed by atoms with Crippen LogP contribution in [0.4, 0.5) is 18.9 Å². The number of halogens is 4. The van der Waals surface area contributed by atoms with Crippen LogP contribution in [0.15, 0.2) is 35.2 Å². The van der Waals surface area contributed by atoms with E-state index < -0.39 is 80.0 Å². The van der Waals surface area contributed by atoms with E-state index in [4.69, 9.17) is 16.3 Å². The Bertz CT molecular complexity index is 1570. The summed E-state index contributed by atoms with van der Waals surface area (Å²) in [5.41, 5.74) is -2.01. The Hall–Kier alpha value is -3.20. The van der Waals surface area contributed by atoms with Gasteiger partial charge in [-0.05, 0) is 69.1 Å². The number of nitrogens with one attached hydrogen (secondary N) is 2. The molecule has 2 aliphatic rings. The van der Waals surface area contributed by atoms with Crippen LogP contribution in [0.25, 0.3) is 0 Å². The number of rotatable bonds is 9. The standard InChI is InChI=1S/C29H32ClF3N2O8S/c1-13-6-17-8-19(11-20(13)29(17,40)12-34-26(37)15(3)43-28(39)14(2)36)44(41,42)24-7-16(4-5-21(24)30)27(38)35-18-9-22(31)25(33)23(32)10-18/h4-5,7,9-10,13-15,17,19-20,36,40H,6,8,11-12H2,1-3H3,(H,34,37)(H,35,38)/t13-,14-,15-,17?,19+,20?,29+/m0/s1. The van der Waals surface area contributed by atoms with Crippen molar-refractivity contribution in [3.05, 3.63) is 58.4 Å². The molecule has 2 aromatic rings. The molecule has 2 amide bonds. The van der Waals surface area contributed by atoms with Crippen molar-refractivity contribution >= 4 is 44.9 Å². The highest BCUT2D eigenvalue weighted by Gasteiger charge is 2.58. The van der Waals surface area contributed by atoms with E-state index in [0.717, 1.165) is 6.07 Å². The number of amides is 2. The summed E-state index contributed by atoms with van der Waals surface area (Å²) in [6.45, 7) is 4.17. The van der Waals surface area contributed by atoms with Crippen molar-refractivity contribution in [1.29, 1.82) is 0 Å². The Kier molecular flexibility index (Phi) is 9.69. The summed E-state index contributed by atoms with van der Waals surface area (Å²) in [4.78, 5) is 36.6. The predicted molar refractivity (Wildman–Crippen MR) is 152 cm³/mol. The van der Waals surface area contributed by atoms with Crippen LogP contribution in [0.1, 0.15) is 50.4 Å². The van der Waals surface area contributed by atoms with Crippen molar-refractivity contribution < 1.29 is 50.9 Å². The molecule has 4 N–H and O–H groups in total. The number of aliphatic hydroxyl groups excluding tert-OH is 1. The Labute approximate surface area is 256 Å². The predicted octanol–water partition coefficient (Wildman–Crippen LogP) is 3.38. The number of fused-ring (bicyclic) bond motifs is 2. The summed E-state index contributed by atoms with van der Waals surface area (Å²) in [5.74, 6) is -8.50. The van der Waals surface area contributed by atoms with E-state index in [0.29, 0.717) is 18.6 Å². The number of carbonyl (C=O) groups excluding carboxylic acids is 3. The summed E-state index contributed by atoms with van der Waals surface area (Å²) < 4.78 is 73.0. The average Bonchev–Trinajstić information content (AvgIpc) is 3.06. The molecule has 10 nitrogen and oxygen atoms in total. The van der Waals surface area contributed by atoms with Crippen molar-refractivity contribution in [3.8, 4) is 0 Å². The van der Waals surface area contributed by atoms with Gasteiger partial charge in [-0.3, -0.25) is 9.59 Å². The quantitative estimate of drug-likeness (QED) is 0.235. The van der Waals surface area contributed by atoms with Crippen molar-refractivity contribution in [2.75, 3.05) is 11.9 Å². The summed E-state index contributed by atoms with van der Waals surface area (Å²) in [5, 5.41) is 24.6. The smallest absolute Gasteiger partial charge is 0.335 e. The topological polar surface area (TPSA) is 159 Å². The van der Waals surface area contributed by atoms with Gasteiger partial charge in [-0.1, -0.05) is 18.5 Å². The third-order valence-electron chi connectivity index (χ3n) is 8.49. The first-order valence-electron chi connectivity index (χ1n) is 13.8. The fraction of sp³-hybridized carbons (Fsp3) is 0.483. The van der Waals surface area contributed by atoms with Crippen molar-refractivity contribution in [2.45, 2.75) is 68.0 Å². The highest BCUT2D eigenvalue weighted by molar-refractivity contribution is 7.92. The lowest BCUT2D eigenvalue weighted by Gasteiger charge is -2.43. The molecule has 240 valence electrons. The SMILES string of the molecule is C[C@H](O)C(=O)O[C@@H](C)C(=O)NC[C@@]1(O)C2C[C@@H](S(=O)(=O)c3cc(C(=O)Nc4cc(F)c(F)c(F)c4)ccc3Cl)CC1[C@@H](C)C2. The number of benzene rings is 2. The van der Waals surface area contributed by atoms with Gasteiger partial charge in [-0.25, -0.2) is 26.4 Å². The van der Waals surface area contributed by atoms with E-state index in [1.807, 2.05) is 6.92 Å². The van der Waals surface area contributed by atoms with Crippen LogP contribution in [0, 0.1) is 35.2 Å². The lowest BCUT2D eigenvalue weighted by molar-refractivity contribution is -0.162. The van der Waals surface area contributed by atoms with Gasteiger partial charge in [0.1, 0.15) is 6.10 Å². The summed E-state index contributed by atoms with van der Waals surface area (Å²) in [7, 11) is -4.17. The lowest BCUT2D eigenvalue weighted by Crippen LogP contribution is -2.56. The minimum absolute atomic E-state index is 0.0276. The maximum atomic E-state index is 13.8. The molecule has 0 saturated heterocycles. The van der Waals surface area contributed by atoms with Gasteiger partial charge in [0.25, 0.3) is 11.8 Å². The molecule has 0 aliphatic heterocycles. The highest BCUT2D eigenvalue weighted by atomic mass is 35.5. The molecule has 2 bridgehead atoms. The van der Waals surface area contributed by atoms with E-state index in [1.165, 1.54) is 26.0 Å². The van der Waals surface area contributed by atoms with E-state index in [9.17, 15) is 46.2 Å². The molecular weight excluding hydrogens is 629 g/mol. The first-order chi connectivity index (χ1) is 20.4. The Balaban J connectivity index is 1.50. The Morgan fingerprint density at radius 3 is 2.32 bits per heavy atom. The molecule has 15 heteroatoms. The molecule has 2 unspecified atom stereocenters. The second-order valence-corrected chi connectivity index (χ2v) is 14.1. The monoisotopic (exact) mass is 660 g/mol. The number of aliphatic hydroxyl groups is 2. The fourth-order valence-electron chi connectivity index (χ4n) is 6.15. The van der Waals surface area contributed by atoms with Crippen molar-refractivity contribution in [2.24, 2.45) is 17.8 Å². The lowest BCUT2D eigenvalue weighted by atomic mass is 9.73. The van der Waals surface area contributed by atoms with Crippen LogP contribution >= 0.6 is 11.6 Å². The van der Waals surface area contributed by atoms with E-state index in [1.54, 1.807) is 0 Å². The van der Waals surface area contributed by atoms with Crippen LogP contribution in [-0.4, -0.2) is 66.0 Å². The number of esters is 1. The Morgan fingerprint density at radius 1 is 1.09 bits per heavy atom. The average molecular weight is 661 g/mol. The zero-order chi connectivity index (χ0) is 32.7. The largest absolute Gasteiger partial charge is 0.451 e. The highest BCUT2D eigenvalue weighted by Crippen LogP contribution is 2.54. The van der Waals surface area contributed by atoms with Crippen LogP contribution in [0.3, 0.4) is 0 Å². The van der Waals surface area contributed by atoms with E-state index in [-0.39, 0.29) is 46.5 Å². The molecular formula is C29H32ClF3N2O8S. The number of anilines is 1. The Morgan fingerprint density at radius 2 is 1.73 bits per heavy atom. The molecule has 0 heterocycles. The molecule has 4 rings (SSSR count). The van der Waals surface area contributed by atoms with Gasteiger partial charge in [0.2, 0.25) is 0 Å². The first-order valence-corrected chi connectivity index (χ1v) is 15.8. The van der Waals surface area contributed by atoms with Crippen LogP contribution in [0.2, 0.25) is 5.02 Å². The first kappa shape index (κ1) is 33.7. The van der Waals surface area contributed by atoms with Crippen LogP contribution < -0.4 is 10.6 Å². The number of hydrogen-bond acceptors (Lipinski definition) is 8. The second kappa shape index (κ2) is 12.7. The summed E-state index contributed by atoms with van der Waals surface area (Å²) in [6.07, 6.45) is -2.12. The molecule has 2 saturated carbocycles. The number of sulfone groups is 1. The maximum Gasteiger partial charge on any atom is 0.335 e. The van der Waals surface area contributed by atoms with Gasteiger partial charge < -0.3 is 25.6 Å². The maximum absolute atomic E-state index is 13.8. The summed E-state index contributed by atoms with van der Waals surface area (Å²) >= 11 is 6.27. The van der Waals surface area contributed by atoms with Gasteiger partial charge in [-0.15, -0.1) is 0 Å². The van der Waals surface area contributed by atoms with Gasteiger partial charge in [0.05, 0.1) is 20.8 Å². The normalized spacial score (nSPS) is 26.0. The molecule has 7 atom stereocenters. The third kappa shape index (κ3) is 6.58. The molecule has 2 aromatic carbocycles. The van der Waals surface area contributed by atoms with Crippen molar-refractivity contribution in [1.82, 2.24) is 5.32 Å². The molecule has 0 radical (unpaired) electrons. The number of ether oxygens (including phenoxy) is 1. The van der Waals surface area contributed by atoms with Gasteiger partial charge >= 0.3 is 5.97 Å². The molecule has 0 aromatic heterocycles. The van der Waals surface area contributed by atoms with Gasteiger partial charge in [0, 0.05) is 29.9 Å². The molecule has 2 aliphatic carbocycles. The minimum Gasteiger partial charge on any atom is -0.451 e. The van der Waals surface area contributed by atoms with Crippen LogP contribution in [0.5, 0.6) is 0 Å². The van der Waals surface area contributed by atoms with Crippen molar-refractivity contribution in [3.63, 3.8) is 0 Å². The van der Waals surface area contributed by atoms with E-state index >= 15 is 0 Å². The minimum atomic E-state index is -4.17. The van der Waals surface area contributed by atoms with Crippen LogP contribution in [-0.2, 0) is 24.2 Å². The van der Waals surface area contributed by atoms with Gasteiger partial charge in [0.15, 0.2) is 33.4 Å². The molecule has 44 heavy (non-hydrogen) atoms. The molecule has 0 spiro atoms. The number of hydrogen-bond donors (Lipinski definition) is 4. The zero-order valence-corrected chi connectivity index (χ0v) is 25.5. The number of carbonyl (C=O) groups is 3. The second-order valence-electron chi connectivity index (χ2n) is 11.5.